The summed E-state index contributed by atoms with van der Waals surface area (Å²) in [5, 5.41) is 12.3. The Bertz CT molecular complexity index is 796. The van der Waals surface area contributed by atoms with Crippen LogP contribution in [0.1, 0.15) is 0 Å². The van der Waals surface area contributed by atoms with E-state index < -0.39 is 15.8 Å². The number of nitro groups is 1. The van der Waals surface area contributed by atoms with Crippen LogP contribution in [0, 0.1) is 10.1 Å². The standard InChI is InChI=1S/C10H10N7O2S/c1-16-5-15-8(17(18)19)10(16)20(2)9-6-7(12-3-11-6)13-4-14-9/h3-5H,1-2H3,(H,11,12,13,14)/q+1. The number of hydrogen-bond donors (Lipinski definition) is 1. The number of nitrogens with one attached hydrogen (secondary N) is 1. The van der Waals surface area contributed by atoms with Crippen LogP contribution in [0.4, 0.5) is 5.82 Å². The average Bonchev–Trinajstić information content (AvgIpc) is 3.03. The van der Waals surface area contributed by atoms with Crippen LogP contribution in [0.25, 0.3) is 11.2 Å². The topological polar surface area (TPSA) is 115 Å². The zero-order valence-electron chi connectivity index (χ0n) is 10.6. The summed E-state index contributed by atoms with van der Waals surface area (Å²) in [5.41, 5.74) is 1.23. The highest BCUT2D eigenvalue weighted by Gasteiger charge is 2.38. The number of nitrogens with zero attached hydrogens (tertiary/aromatic N) is 6. The quantitative estimate of drug-likeness (QED) is 0.328. The van der Waals surface area contributed by atoms with E-state index in [1.807, 2.05) is 6.26 Å². The highest BCUT2D eigenvalue weighted by atomic mass is 32.2. The molecule has 20 heavy (non-hydrogen) atoms. The van der Waals surface area contributed by atoms with Gasteiger partial charge in [0.25, 0.3) is 5.03 Å². The predicted octanol–water partition coefficient (Wildman–Crippen LogP) is 0.661. The third-order valence-corrected chi connectivity index (χ3v) is 4.75. The SMILES string of the molecule is Cn1cnc([N+](=O)[O-])c1[S+](C)c1ncnc2nc[nH]c12. The molecular weight excluding hydrogens is 282 g/mol. The lowest BCUT2D eigenvalue weighted by atomic mass is 10.6. The first-order chi connectivity index (χ1) is 9.59. The van der Waals surface area contributed by atoms with Gasteiger partial charge in [0.2, 0.25) is 6.33 Å². The monoisotopic (exact) mass is 292 g/mol. The molecule has 0 bridgehead atoms. The summed E-state index contributed by atoms with van der Waals surface area (Å²) in [5.74, 6) is -0.149. The minimum Gasteiger partial charge on any atom is -0.358 e. The molecule has 0 spiro atoms. The summed E-state index contributed by atoms with van der Waals surface area (Å²) in [4.78, 5) is 29.7. The number of H-pyrrole nitrogens is 1. The van der Waals surface area contributed by atoms with E-state index in [0.29, 0.717) is 21.2 Å². The molecule has 3 rings (SSSR count). The Morgan fingerprint density at radius 3 is 2.90 bits per heavy atom. The molecule has 9 nitrogen and oxygen atoms in total. The Morgan fingerprint density at radius 2 is 2.15 bits per heavy atom. The van der Waals surface area contributed by atoms with Crippen molar-refractivity contribution in [2.24, 2.45) is 7.05 Å². The molecule has 1 unspecified atom stereocenters. The maximum Gasteiger partial charge on any atom is 0.440 e. The van der Waals surface area contributed by atoms with Crippen molar-refractivity contribution in [2.45, 2.75) is 10.1 Å². The van der Waals surface area contributed by atoms with Gasteiger partial charge in [-0.3, -0.25) is 4.57 Å². The van der Waals surface area contributed by atoms with Crippen molar-refractivity contribution in [3.8, 4) is 0 Å². The molecule has 3 heterocycles. The molecule has 1 atom stereocenters. The zero-order valence-corrected chi connectivity index (χ0v) is 11.5. The summed E-state index contributed by atoms with van der Waals surface area (Å²) >= 11 is 0. The Labute approximate surface area is 115 Å². The molecule has 102 valence electrons. The summed E-state index contributed by atoms with van der Waals surface area (Å²) in [6.45, 7) is 0. The molecule has 0 saturated heterocycles. The van der Waals surface area contributed by atoms with Crippen LogP contribution >= 0.6 is 0 Å². The lowest BCUT2D eigenvalue weighted by Crippen LogP contribution is -2.11. The molecule has 0 saturated carbocycles. The van der Waals surface area contributed by atoms with E-state index in [0.717, 1.165) is 0 Å². The Hall–Kier alpha value is -2.49. The number of rotatable bonds is 3. The number of imidazole rings is 2. The highest BCUT2D eigenvalue weighted by molar-refractivity contribution is 7.96. The van der Waals surface area contributed by atoms with Crippen LogP contribution in [-0.2, 0) is 17.9 Å². The van der Waals surface area contributed by atoms with Gasteiger partial charge >= 0.3 is 10.8 Å². The molecule has 0 aliphatic rings. The highest BCUT2D eigenvalue weighted by Crippen LogP contribution is 2.29. The molecule has 0 amide bonds. The molecule has 10 heteroatoms. The fourth-order valence-corrected chi connectivity index (χ4v) is 3.68. The summed E-state index contributed by atoms with van der Waals surface area (Å²) in [6.07, 6.45) is 6.23. The second-order valence-corrected chi connectivity index (χ2v) is 5.83. The Morgan fingerprint density at radius 1 is 1.35 bits per heavy atom. The molecule has 0 aliphatic carbocycles. The number of hydrogen-bond acceptors (Lipinski definition) is 6. The van der Waals surface area contributed by atoms with Crippen molar-refractivity contribution in [1.82, 2.24) is 29.5 Å². The van der Waals surface area contributed by atoms with Gasteiger partial charge in [0, 0.05) is 7.05 Å². The van der Waals surface area contributed by atoms with Gasteiger partial charge in [0.15, 0.2) is 11.2 Å². The minimum absolute atomic E-state index is 0.149. The first kappa shape index (κ1) is 12.5. The van der Waals surface area contributed by atoms with Gasteiger partial charge in [-0.1, -0.05) is 0 Å². The van der Waals surface area contributed by atoms with Crippen LogP contribution < -0.4 is 0 Å². The van der Waals surface area contributed by atoms with E-state index in [4.69, 9.17) is 0 Å². The van der Waals surface area contributed by atoms with Crippen molar-refractivity contribution in [2.75, 3.05) is 6.26 Å². The Balaban J connectivity index is 2.18. The maximum absolute atomic E-state index is 11.1. The largest absolute Gasteiger partial charge is 0.440 e. The fourth-order valence-electron chi connectivity index (χ4n) is 1.95. The van der Waals surface area contributed by atoms with Gasteiger partial charge in [-0.2, -0.15) is 4.98 Å². The van der Waals surface area contributed by atoms with Crippen molar-refractivity contribution in [3.63, 3.8) is 0 Å². The molecule has 0 aliphatic heterocycles. The normalized spacial score (nSPS) is 12.7. The predicted molar refractivity (Wildman–Crippen MR) is 71.4 cm³/mol. The molecule has 0 fully saturated rings. The third kappa shape index (κ3) is 1.81. The van der Waals surface area contributed by atoms with E-state index in [2.05, 4.69) is 24.9 Å². The molecule has 0 aromatic carbocycles. The summed E-state index contributed by atoms with van der Waals surface area (Å²) < 4.78 is 1.64. The molecule has 1 N–H and O–H groups in total. The lowest BCUT2D eigenvalue weighted by Gasteiger charge is -2.01. The first-order valence-corrected chi connectivity index (χ1v) is 7.18. The van der Waals surface area contributed by atoms with Gasteiger partial charge in [0.1, 0.15) is 23.5 Å². The second kappa shape index (κ2) is 4.56. The van der Waals surface area contributed by atoms with Crippen molar-refractivity contribution < 1.29 is 4.92 Å². The molecule has 3 aromatic heterocycles. The molecule has 3 aromatic rings. The van der Waals surface area contributed by atoms with Crippen LogP contribution in [-0.4, -0.2) is 40.7 Å². The fraction of sp³-hybridized carbons (Fsp3) is 0.200. The smallest absolute Gasteiger partial charge is 0.358 e. The minimum atomic E-state index is -0.626. The van der Waals surface area contributed by atoms with E-state index in [1.54, 1.807) is 11.6 Å². The van der Waals surface area contributed by atoms with Crippen LogP contribution in [0.5, 0.6) is 0 Å². The van der Waals surface area contributed by atoms with Gasteiger partial charge in [0.05, 0.1) is 6.33 Å². The summed E-state index contributed by atoms with van der Waals surface area (Å²) in [6, 6.07) is 0. The van der Waals surface area contributed by atoms with Gasteiger partial charge < -0.3 is 15.1 Å². The van der Waals surface area contributed by atoms with Gasteiger partial charge in [-0.15, -0.1) is 0 Å². The van der Waals surface area contributed by atoms with Crippen LogP contribution in [0.15, 0.2) is 29.0 Å². The maximum atomic E-state index is 11.1. The average molecular weight is 292 g/mol. The van der Waals surface area contributed by atoms with Gasteiger partial charge in [-0.25, -0.2) is 9.97 Å². The number of aromatic amines is 1. The second-order valence-electron chi connectivity index (χ2n) is 4.03. The first-order valence-electron chi connectivity index (χ1n) is 5.55. The lowest BCUT2D eigenvalue weighted by molar-refractivity contribution is -0.392. The Kier molecular flexibility index (Phi) is 2.86. The number of aryl methyl sites for hydroxylation is 1. The molecular formula is C10H10N7O2S+. The zero-order chi connectivity index (χ0) is 14.3. The van der Waals surface area contributed by atoms with Crippen molar-refractivity contribution in [1.29, 1.82) is 0 Å². The number of fused-ring (bicyclic) bond motifs is 1. The van der Waals surface area contributed by atoms with Crippen molar-refractivity contribution >= 4 is 27.9 Å². The van der Waals surface area contributed by atoms with E-state index in [9.17, 15) is 10.1 Å². The molecule has 0 radical (unpaired) electrons. The summed E-state index contributed by atoms with van der Waals surface area (Å²) in [7, 11) is 1.10. The third-order valence-electron chi connectivity index (χ3n) is 2.81. The van der Waals surface area contributed by atoms with E-state index in [1.165, 1.54) is 19.0 Å². The number of aromatic nitrogens is 6. The van der Waals surface area contributed by atoms with Crippen LogP contribution in [0.3, 0.4) is 0 Å². The van der Waals surface area contributed by atoms with E-state index in [-0.39, 0.29) is 5.82 Å². The van der Waals surface area contributed by atoms with Crippen molar-refractivity contribution in [3.05, 3.63) is 29.1 Å². The van der Waals surface area contributed by atoms with E-state index >= 15 is 0 Å². The van der Waals surface area contributed by atoms with Gasteiger partial charge in [-0.05, 0) is 9.91 Å². The van der Waals surface area contributed by atoms with Crippen LogP contribution in [0.2, 0.25) is 0 Å².